The van der Waals surface area contributed by atoms with E-state index in [1.165, 1.54) is 0 Å². The van der Waals surface area contributed by atoms with Crippen LogP contribution in [0.5, 0.6) is 0 Å². The number of hydrogen-bond acceptors (Lipinski definition) is 2. The van der Waals surface area contributed by atoms with Crippen molar-refractivity contribution in [2.45, 2.75) is 70.6 Å². The number of benzene rings is 2. The van der Waals surface area contributed by atoms with E-state index in [1.54, 1.807) is 12.1 Å². The highest BCUT2D eigenvalue weighted by molar-refractivity contribution is 5.81. The van der Waals surface area contributed by atoms with Crippen LogP contribution in [-0.4, -0.2) is 22.2 Å². The molecule has 2 unspecified atom stereocenters. The Bertz CT molecular complexity index is 1020. The van der Waals surface area contributed by atoms with Crippen LogP contribution < -0.4 is 0 Å². The lowest BCUT2D eigenvalue weighted by molar-refractivity contribution is -0.138. The zero-order valence-corrected chi connectivity index (χ0v) is 19.8. The highest BCUT2D eigenvalue weighted by Gasteiger charge is 2.27. The molecular formula is C29H32O4. The molecule has 2 aromatic carbocycles. The summed E-state index contributed by atoms with van der Waals surface area (Å²) < 4.78 is 0. The molecule has 0 saturated carbocycles. The van der Waals surface area contributed by atoms with Crippen LogP contribution in [0, 0.1) is 23.7 Å². The highest BCUT2D eigenvalue weighted by Crippen LogP contribution is 2.34. The van der Waals surface area contributed by atoms with Gasteiger partial charge >= 0.3 is 11.9 Å². The highest BCUT2D eigenvalue weighted by atomic mass is 16.4. The minimum Gasteiger partial charge on any atom is -0.480 e. The predicted octanol–water partition coefficient (Wildman–Crippen LogP) is 5.96. The zero-order chi connectivity index (χ0) is 24.4. The van der Waals surface area contributed by atoms with Crippen molar-refractivity contribution in [2.75, 3.05) is 0 Å². The molecule has 0 fully saturated rings. The van der Waals surface area contributed by atoms with Crippen LogP contribution in [0.15, 0.2) is 48.5 Å². The van der Waals surface area contributed by atoms with E-state index in [9.17, 15) is 19.8 Å². The molecule has 0 aliphatic rings. The van der Waals surface area contributed by atoms with Crippen LogP contribution in [0.25, 0.3) is 0 Å². The second kappa shape index (κ2) is 11.9. The van der Waals surface area contributed by atoms with Gasteiger partial charge in [0.15, 0.2) is 0 Å². The standard InChI is InChI=1S/C29H32O4/c1-5-7-9-17-25(27(30)31)21-13-11-15-23(19-21)29(3,4)24-16-12-14-22(20-24)26(28(32)33)18-10-8-6-2/h11-16,19-20,25-26H,5-8H2,1-4H3,(H,30,31)(H,32,33). The van der Waals surface area contributed by atoms with E-state index >= 15 is 0 Å². The molecule has 172 valence electrons. The zero-order valence-electron chi connectivity index (χ0n) is 19.8. The molecule has 0 aliphatic carbocycles. The number of hydrogen-bond donors (Lipinski definition) is 2. The van der Waals surface area contributed by atoms with Crippen molar-refractivity contribution in [3.63, 3.8) is 0 Å². The molecule has 2 N–H and O–H groups in total. The first-order chi connectivity index (χ1) is 15.7. The lowest BCUT2D eigenvalue weighted by Crippen LogP contribution is -2.21. The fourth-order valence-corrected chi connectivity index (χ4v) is 3.55. The Morgan fingerprint density at radius 2 is 1.18 bits per heavy atom. The molecule has 0 aliphatic heterocycles. The second-order valence-electron chi connectivity index (χ2n) is 8.56. The normalized spacial score (nSPS) is 12.5. The van der Waals surface area contributed by atoms with Gasteiger partial charge in [-0.3, -0.25) is 9.59 Å². The summed E-state index contributed by atoms with van der Waals surface area (Å²) in [6.45, 7) is 8.10. The Hall–Kier alpha value is -3.50. The summed E-state index contributed by atoms with van der Waals surface area (Å²) in [5.74, 6) is 7.98. The van der Waals surface area contributed by atoms with E-state index in [2.05, 4.69) is 23.7 Å². The summed E-state index contributed by atoms with van der Waals surface area (Å²) in [7, 11) is 0. The lowest BCUT2D eigenvalue weighted by atomic mass is 9.76. The third-order valence-electron chi connectivity index (χ3n) is 5.62. The third-order valence-corrected chi connectivity index (χ3v) is 5.62. The molecular weight excluding hydrogens is 412 g/mol. The predicted molar refractivity (Wildman–Crippen MR) is 131 cm³/mol. The number of carboxylic acids is 2. The van der Waals surface area contributed by atoms with Crippen molar-refractivity contribution >= 4 is 11.9 Å². The second-order valence-corrected chi connectivity index (χ2v) is 8.56. The van der Waals surface area contributed by atoms with Crippen molar-refractivity contribution < 1.29 is 19.8 Å². The van der Waals surface area contributed by atoms with Gasteiger partial charge in [-0.15, -0.1) is 11.8 Å². The van der Waals surface area contributed by atoms with Crippen molar-refractivity contribution in [3.8, 4) is 23.7 Å². The largest absolute Gasteiger partial charge is 0.480 e. The quantitative estimate of drug-likeness (QED) is 0.493. The van der Waals surface area contributed by atoms with Gasteiger partial charge in [0.05, 0.1) is 0 Å². The maximum atomic E-state index is 11.8. The third kappa shape index (κ3) is 6.74. The molecule has 0 amide bonds. The summed E-state index contributed by atoms with van der Waals surface area (Å²) in [6, 6.07) is 15.0. The Labute approximate surface area is 197 Å². The van der Waals surface area contributed by atoms with Crippen molar-refractivity contribution in [2.24, 2.45) is 0 Å². The van der Waals surface area contributed by atoms with Crippen LogP contribution in [0.4, 0.5) is 0 Å². The first kappa shape index (κ1) is 25.8. The average molecular weight is 445 g/mol. The van der Waals surface area contributed by atoms with Crippen molar-refractivity contribution in [1.82, 2.24) is 0 Å². The van der Waals surface area contributed by atoms with Crippen LogP contribution in [0.3, 0.4) is 0 Å². The SMILES string of the molecule is CCCC#CC(C(=O)O)c1cccc(C(C)(C)c2cccc(C(C#CCCC)C(=O)O)c2)c1. The minimum atomic E-state index is -0.967. The summed E-state index contributed by atoms with van der Waals surface area (Å²) in [4.78, 5) is 23.7. The van der Waals surface area contributed by atoms with E-state index in [0.29, 0.717) is 24.0 Å². The van der Waals surface area contributed by atoms with Gasteiger partial charge in [0.1, 0.15) is 11.8 Å². The lowest BCUT2D eigenvalue weighted by Gasteiger charge is -2.28. The average Bonchev–Trinajstić information content (AvgIpc) is 2.79. The summed E-state index contributed by atoms with van der Waals surface area (Å²) in [5.41, 5.74) is 2.67. The van der Waals surface area contributed by atoms with E-state index in [4.69, 9.17) is 0 Å². The summed E-state index contributed by atoms with van der Waals surface area (Å²) in [5, 5.41) is 19.4. The number of aliphatic carboxylic acids is 2. The Balaban J connectivity index is 2.47. The smallest absolute Gasteiger partial charge is 0.323 e. The van der Waals surface area contributed by atoms with Crippen LogP contribution in [0.1, 0.15) is 87.5 Å². The fraction of sp³-hybridized carbons (Fsp3) is 0.379. The molecule has 33 heavy (non-hydrogen) atoms. The molecule has 2 aromatic rings. The van der Waals surface area contributed by atoms with Gasteiger partial charge in [-0.2, -0.15) is 0 Å². The van der Waals surface area contributed by atoms with Gasteiger partial charge in [0, 0.05) is 18.3 Å². The van der Waals surface area contributed by atoms with Crippen LogP contribution in [0.2, 0.25) is 0 Å². The number of carboxylic acid groups (broad SMARTS) is 2. The number of carbonyl (C=O) groups is 2. The Morgan fingerprint density at radius 1 is 0.788 bits per heavy atom. The summed E-state index contributed by atoms with van der Waals surface area (Å²) >= 11 is 0. The van der Waals surface area contributed by atoms with Gasteiger partial charge in [0.2, 0.25) is 0 Å². The topological polar surface area (TPSA) is 74.6 Å². The molecule has 0 bridgehead atoms. The van der Waals surface area contributed by atoms with Gasteiger partial charge in [-0.25, -0.2) is 0 Å². The molecule has 2 rings (SSSR count). The van der Waals surface area contributed by atoms with E-state index in [-0.39, 0.29) is 0 Å². The monoisotopic (exact) mass is 444 g/mol. The molecule has 4 heteroatoms. The molecule has 0 aromatic heterocycles. The summed E-state index contributed by atoms with van der Waals surface area (Å²) in [6.07, 6.45) is 3.08. The molecule has 0 heterocycles. The number of rotatable bonds is 8. The molecule has 0 saturated heterocycles. The maximum Gasteiger partial charge on any atom is 0.323 e. The molecule has 4 nitrogen and oxygen atoms in total. The van der Waals surface area contributed by atoms with E-state index < -0.39 is 29.2 Å². The van der Waals surface area contributed by atoms with Gasteiger partial charge < -0.3 is 10.2 Å². The fourth-order valence-electron chi connectivity index (χ4n) is 3.55. The molecule has 2 atom stereocenters. The minimum absolute atomic E-state index is 0.480. The number of unbranched alkanes of at least 4 members (excludes halogenated alkanes) is 2. The van der Waals surface area contributed by atoms with Crippen molar-refractivity contribution in [1.29, 1.82) is 0 Å². The van der Waals surface area contributed by atoms with Crippen molar-refractivity contribution in [3.05, 3.63) is 70.8 Å². The van der Waals surface area contributed by atoms with E-state index in [0.717, 1.165) is 24.0 Å². The first-order valence-corrected chi connectivity index (χ1v) is 11.4. The van der Waals surface area contributed by atoms with Gasteiger partial charge in [0.25, 0.3) is 0 Å². The first-order valence-electron chi connectivity index (χ1n) is 11.4. The Morgan fingerprint density at radius 3 is 1.52 bits per heavy atom. The molecule has 0 spiro atoms. The van der Waals surface area contributed by atoms with Crippen LogP contribution >= 0.6 is 0 Å². The van der Waals surface area contributed by atoms with Gasteiger partial charge in [-0.05, 0) is 35.1 Å². The molecule has 0 radical (unpaired) electrons. The van der Waals surface area contributed by atoms with E-state index in [1.807, 2.05) is 64.1 Å². The van der Waals surface area contributed by atoms with Crippen LogP contribution in [-0.2, 0) is 15.0 Å². The Kier molecular flexibility index (Phi) is 9.31. The maximum absolute atomic E-state index is 11.8. The van der Waals surface area contributed by atoms with Gasteiger partial charge in [-0.1, -0.05) is 88.1 Å².